The Bertz CT molecular complexity index is 509. The molecule has 0 saturated carbocycles. The van der Waals surface area contributed by atoms with Gasteiger partial charge in [0.05, 0.1) is 12.2 Å². The average Bonchev–Trinajstić information content (AvgIpc) is 2.37. The molecule has 20 heavy (non-hydrogen) atoms. The van der Waals surface area contributed by atoms with Gasteiger partial charge in [-0.05, 0) is 31.1 Å². The van der Waals surface area contributed by atoms with Crippen LogP contribution in [0, 0.1) is 0 Å². The number of hydrogen-bond donors (Lipinski definition) is 2. The molecule has 1 amide bonds. The Kier molecular flexibility index (Phi) is 5.33. The zero-order chi connectivity index (χ0) is 15.3. The molecule has 1 rings (SSSR count). The van der Waals surface area contributed by atoms with Crippen LogP contribution in [0.2, 0.25) is 0 Å². The van der Waals surface area contributed by atoms with E-state index in [0.717, 1.165) is 12.1 Å². The normalized spacial score (nSPS) is 14.0. The molecule has 6 heteroatoms. The SMILES string of the molecule is C/C(=C/C(=O)NC(C)CO)c1ccccc1C(F)(F)F. The second-order valence-electron chi connectivity index (χ2n) is 4.46. The van der Waals surface area contributed by atoms with Gasteiger partial charge < -0.3 is 10.4 Å². The van der Waals surface area contributed by atoms with Gasteiger partial charge in [0.25, 0.3) is 0 Å². The van der Waals surface area contributed by atoms with Crippen LogP contribution in [0.4, 0.5) is 13.2 Å². The third-order valence-electron chi connectivity index (χ3n) is 2.67. The van der Waals surface area contributed by atoms with Crippen LogP contribution >= 0.6 is 0 Å². The van der Waals surface area contributed by atoms with Crippen LogP contribution in [0.3, 0.4) is 0 Å². The first kappa shape index (κ1) is 16.2. The zero-order valence-corrected chi connectivity index (χ0v) is 11.2. The third kappa shape index (κ3) is 4.38. The fraction of sp³-hybridized carbons (Fsp3) is 0.357. The first-order valence-electron chi connectivity index (χ1n) is 6.02. The molecule has 3 nitrogen and oxygen atoms in total. The van der Waals surface area contributed by atoms with E-state index < -0.39 is 23.7 Å². The second-order valence-corrected chi connectivity index (χ2v) is 4.46. The molecule has 0 heterocycles. The van der Waals surface area contributed by atoms with E-state index in [0.29, 0.717) is 0 Å². The molecule has 1 unspecified atom stereocenters. The van der Waals surface area contributed by atoms with Gasteiger partial charge in [-0.15, -0.1) is 0 Å². The first-order valence-corrected chi connectivity index (χ1v) is 6.02. The van der Waals surface area contributed by atoms with Crippen molar-refractivity contribution in [3.8, 4) is 0 Å². The monoisotopic (exact) mass is 287 g/mol. The van der Waals surface area contributed by atoms with Crippen LogP contribution < -0.4 is 5.32 Å². The van der Waals surface area contributed by atoms with E-state index in [4.69, 9.17) is 5.11 Å². The quantitative estimate of drug-likeness (QED) is 0.836. The van der Waals surface area contributed by atoms with Crippen molar-refractivity contribution in [2.24, 2.45) is 0 Å². The van der Waals surface area contributed by atoms with Crippen LogP contribution in [-0.2, 0) is 11.0 Å². The summed E-state index contributed by atoms with van der Waals surface area (Å²) in [5.41, 5.74) is -0.607. The van der Waals surface area contributed by atoms with Crippen molar-refractivity contribution >= 4 is 11.5 Å². The number of hydrogen-bond acceptors (Lipinski definition) is 2. The number of alkyl halides is 3. The van der Waals surface area contributed by atoms with Gasteiger partial charge in [0, 0.05) is 12.1 Å². The van der Waals surface area contributed by atoms with Gasteiger partial charge in [-0.2, -0.15) is 13.2 Å². The Balaban J connectivity index is 3.03. The molecule has 0 aliphatic rings. The molecule has 1 aromatic carbocycles. The van der Waals surface area contributed by atoms with Crippen molar-refractivity contribution in [3.05, 3.63) is 41.5 Å². The van der Waals surface area contributed by atoms with Crippen molar-refractivity contribution in [3.63, 3.8) is 0 Å². The number of nitrogens with one attached hydrogen (secondary N) is 1. The lowest BCUT2D eigenvalue weighted by Gasteiger charge is -2.13. The van der Waals surface area contributed by atoms with Gasteiger partial charge in [-0.25, -0.2) is 0 Å². The largest absolute Gasteiger partial charge is 0.416 e. The zero-order valence-electron chi connectivity index (χ0n) is 11.2. The number of aliphatic hydroxyl groups excluding tert-OH is 1. The Morgan fingerprint density at radius 3 is 2.55 bits per heavy atom. The smallest absolute Gasteiger partial charge is 0.394 e. The summed E-state index contributed by atoms with van der Waals surface area (Å²) >= 11 is 0. The summed E-state index contributed by atoms with van der Waals surface area (Å²) in [5.74, 6) is -0.541. The van der Waals surface area contributed by atoms with Crippen molar-refractivity contribution in [2.45, 2.75) is 26.1 Å². The van der Waals surface area contributed by atoms with Crippen LogP contribution in [0.1, 0.15) is 25.0 Å². The van der Waals surface area contributed by atoms with E-state index in [1.165, 1.54) is 25.1 Å². The number of amides is 1. The third-order valence-corrected chi connectivity index (χ3v) is 2.67. The molecule has 0 spiro atoms. The van der Waals surface area contributed by atoms with Crippen LogP contribution in [0.15, 0.2) is 30.3 Å². The van der Waals surface area contributed by atoms with E-state index >= 15 is 0 Å². The molecule has 0 bridgehead atoms. The minimum absolute atomic E-state index is 0.0354. The highest BCUT2D eigenvalue weighted by Gasteiger charge is 2.33. The van der Waals surface area contributed by atoms with Gasteiger partial charge >= 0.3 is 6.18 Å². The van der Waals surface area contributed by atoms with E-state index in [1.807, 2.05) is 0 Å². The first-order chi connectivity index (χ1) is 9.25. The van der Waals surface area contributed by atoms with Crippen LogP contribution in [0.25, 0.3) is 5.57 Å². The summed E-state index contributed by atoms with van der Waals surface area (Å²) < 4.78 is 38.6. The topological polar surface area (TPSA) is 49.3 Å². The predicted molar refractivity (Wildman–Crippen MR) is 69.8 cm³/mol. The molecular formula is C14H16F3NO2. The molecule has 1 atom stereocenters. The standard InChI is InChI=1S/C14H16F3NO2/c1-9(7-13(20)18-10(2)8-19)11-5-3-4-6-12(11)14(15,16)17/h3-7,10,19H,8H2,1-2H3,(H,18,20)/b9-7-. The molecular weight excluding hydrogens is 271 g/mol. The number of aliphatic hydroxyl groups is 1. The average molecular weight is 287 g/mol. The van der Waals surface area contributed by atoms with Crippen molar-refractivity contribution in [2.75, 3.05) is 6.61 Å². The van der Waals surface area contributed by atoms with E-state index in [1.54, 1.807) is 6.92 Å². The number of halogens is 3. The molecule has 0 aliphatic carbocycles. The molecule has 0 radical (unpaired) electrons. The molecule has 110 valence electrons. The molecule has 0 fully saturated rings. The van der Waals surface area contributed by atoms with Crippen molar-refractivity contribution in [1.82, 2.24) is 5.32 Å². The molecule has 1 aromatic rings. The minimum atomic E-state index is -4.47. The second kappa shape index (κ2) is 6.56. The van der Waals surface area contributed by atoms with Crippen LogP contribution in [-0.4, -0.2) is 23.7 Å². The fourth-order valence-electron chi connectivity index (χ4n) is 1.68. The Labute approximate surface area is 115 Å². The Hall–Kier alpha value is -1.82. The summed E-state index contributed by atoms with van der Waals surface area (Å²) in [7, 11) is 0. The maximum absolute atomic E-state index is 12.9. The minimum Gasteiger partial charge on any atom is -0.394 e. The van der Waals surface area contributed by atoms with Gasteiger partial charge in [-0.1, -0.05) is 18.2 Å². The lowest BCUT2D eigenvalue weighted by Crippen LogP contribution is -2.33. The van der Waals surface area contributed by atoms with Gasteiger partial charge in [-0.3, -0.25) is 4.79 Å². The highest BCUT2D eigenvalue weighted by atomic mass is 19.4. The van der Waals surface area contributed by atoms with E-state index in [2.05, 4.69) is 5.32 Å². The summed E-state index contributed by atoms with van der Waals surface area (Å²) in [6.07, 6.45) is -3.38. The maximum Gasteiger partial charge on any atom is 0.416 e. The summed E-state index contributed by atoms with van der Waals surface area (Å²) in [5, 5.41) is 11.2. The fourth-order valence-corrected chi connectivity index (χ4v) is 1.68. The van der Waals surface area contributed by atoms with Crippen LogP contribution in [0.5, 0.6) is 0 Å². The number of allylic oxidation sites excluding steroid dienone is 1. The molecule has 0 aliphatic heterocycles. The Morgan fingerprint density at radius 1 is 1.40 bits per heavy atom. The summed E-state index contributed by atoms with van der Waals surface area (Å²) in [4.78, 5) is 11.6. The van der Waals surface area contributed by atoms with E-state index in [9.17, 15) is 18.0 Å². The summed E-state index contributed by atoms with van der Waals surface area (Å²) in [6, 6.07) is 4.62. The number of benzene rings is 1. The van der Waals surface area contributed by atoms with Gasteiger partial charge in [0.1, 0.15) is 0 Å². The maximum atomic E-state index is 12.9. The Morgan fingerprint density at radius 2 is 2.00 bits per heavy atom. The lowest BCUT2D eigenvalue weighted by molar-refractivity contribution is -0.137. The molecule has 0 saturated heterocycles. The summed E-state index contributed by atoms with van der Waals surface area (Å²) in [6.45, 7) is 2.79. The molecule has 0 aromatic heterocycles. The number of carbonyl (C=O) groups is 1. The van der Waals surface area contributed by atoms with E-state index in [-0.39, 0.29) is 17.7 Å². The highest BCUT2D eigenvalue weighted by Crippen LogP contribution is 2.34. The number of rotatable bonds is 4. The van der Waals surface area contributed by atoms with Crippen molar-refractivity contribution in [1.29, 1.82) is 0 Å². The van der Waals surface area contributed by atoms with Gasteiger partial charge in [0.2, 0.25) is 5.91 Å². The number of carbonyl (C=O) groups excluding carboxylic acids is 1. The predicted octanol–water partition coefficient (Wildman–Crippen LogP) is 2.61. The van der Waals surface area contributed by atoms with Crippen molar-refractivity contribution < 1.29 is 23.1 Å². The van der Waals surface area contributed by atoms with Gasteiger partial charge in [0.15, 0.2) is 0 Å². The highest BCUT2D eigenvalue weighted by molar-refractivity contribution is 5.95. The molecule has 2 N–H and O–H groups in total. The lowest BCUT2D eigenvalue weighted by atomic mass is 10.00.